The second-order valence-corrected chi connectivity index (χ2v) is 6.41. The molecule has 0 bridgehead atoms. The molecule has 0 fully saturated rings. The maximum Gasteiger partial charge on any atom is 0.251 e. The van der Waals surface area contributed by atoms with Crippen LogP contribution in [-0.4, -0.2) is 26.2 Å². The zero-order valence-electron chi connectivity index (χ0n) is 16.0. The molecule has 1 N–H and O–H groups in total. The molecule has 5 nitrogen and oxygen atoms in total. The summed E-state index contributed by atoms with van der Waals surface area (Å²) >= 11 is 6.32. The van der Waals surface area contributed by atoms with Gasteiger partial charge in [0.2, 0.25) is 0 Å². The van der Waals surface area contributed by atoms with E-state index in [0.717, 1.165) is 17.5 Å². The Hall–Kier alpha value is -2.24. The van der Waals surface area contributed by atoms with Gasteiger partial charge < -0.3 is 19.5 Å². The lowest BCUT2D eigenvalue weighted by Crippen LogP contribution is -2.23. The highest BCUT2D eigenvalue weighted by Gasteiger charge is 2.16. The number of methoxy groups -OCH3 is 1. The summed E-state index contributed by atoms with van der Waals surface area (Å²) in [6, 6.07) is 11.2. The Morgan fingerprint density at radius 3 is 2.41 bits per heavy atom. The molecule has 0 aliphatic carbocycles. The lowest BCUT2D eigenvalue weighted by Gasteiger charge is -2.15. The Kier molecular flexibility index (Phi) is 8.43. The van der Waals surface area contributed by atoms with Crippen molar-refractivity contribution in [2.75, 3.05) is 20.3 Å². The van der Waals surface area contributed by atoms with Crippen molar-refractivity contribution >= 4 is 17.5 Å². The lowest BCUT2D eigenvalue weighted by atomic mass is 10.1. The van der Waals surface area contributed by atoms with Crippen LogP contribution in [0.15, 0.2) is 36.4 Å². The predicted octanol–water partition coefficient (Wildman–Crippen LogP) is 4.60. The first-order valence-electron chi connectivity index (χ1n) is 9.03. The van der Waals surface area contributed by atoms with Gasteiger partial charge in [0.1, 0.15) is 0 Å². The topological polar surface area (TPSA) is 56.8 Å². The van der Waals surface area contributed by atoms with E-state index in [2.05, 4.69) is 5.32 Å². The van der Waals surface area contributed by atoms with Crippen molar-refractivity contribution in [1.82, 2.24) is 5.32 Å². The number of halogens is 1. The van der Waals surface area contributed by atoms with Crippen molar-refractivity contribution in [3.8, 4) is 11.5 Å². The van der Waals surface area contributed by atoms with Crippen molar-refractivity contribution in [3.05, 3.63) is 58.1 Å². The Bertz CT molecular complexity index is 747. The van der Waals surface area contributed by atoms with E-state index in [1.807, 2.05) is 38.1 Å². The quantitative estimate of drug-likeness (QED) is 0.642. The van der Waals surface area contributed by atoms with Crippen LogP contribution in [0.2, 0.25) is 5.02 Å². The summed E-state index contributed by atoms with van der Waals surface area (Å²) in [5.41, 5.74) is 2.52. The number of rotatable bonds is 10. The van der Waals surface area contributed by atoms with Crippen LogP contribution in [0, 0.1) is 0 Å². The molecule has 1 amide bonds. The summed E-state index contributed by atoms with van der Waals surface area (Å²) < 4.78 is 16.4. The fraction of sp³-hybridized carbons (Fsp3) is 0.381. The van der Waals surface area contributed by atoms with Gasteiger partial charge >= 0.3 is 0 Å². The fourth-order valence-corrected chi connectivity index (χ4v) is 2.78. The second kappa shape index (κ2) is 10.8. The molecule has 0 unspecified atom stereocenters. The minimum Gasteiger partial charge on any atom is -0.490 e. The van der Waals surface area contributed by atoms with Gasteiger partial charge in [0.15, 0.2) is 11.5 Å². The number of amides is 1. The predicted molar refractivity (Wildman–Crippen MR) is 107 cm³/mol. The minimum atomic E-state index is -0.221. The van der Waals surface area contributed by atoms with Crippen molar-refractivity contribution in [3.63, 3.8) is 0 Å². The highest BCUT2D eigenvalue weighted by atomic mass is 35.5. The standard InChI is InChI=1S/C21H26ClNO4/c1-4-10-27-20-18(22)11-17(12-19(20)26-5-2)21(24)23-13-15-6-8-16(9-7-15)14-25-3/h6-9,11-12H,4-5,10,13-14H2,1-3H3,(H,23,24). The maximum atomic E-state index is 12.5. The molecule has 2 rings (SSSR count). The van der Waals surface area contributed by atoms with Gasteiger partial charge in [-0.3, -0.25) is 4.79 Å². The second-order valence-electron chi connectivity index (χ2n) is 6.00. The Balaban J connectivity index is 2.08. The molecule has 0 atom stereocenters. The van der Waals surface area contributed by atoms with Gasteiger partial charge in [-0.15, -0.1) is 0 Å². The average Bonchev–Trinajstić information content (AvgIpc) is 2.67. The highest BCUT2D eigenvalue weighted by molar-refractivity contribution is 6.32. The van der Waals surface area contributed by atoms with Gasteiger partial charge in [-0.1, -0.05) is 42.8 Å². The van der Waals surface area contributed by atoms with E-state index in [9.17, 15) is 4.79 Å². The monoisotopic (exact) mass is 391 g/mol. The van der Waals surface area contributed by atoms with Crippen LogP contribution in [0.25, 0.3) is 0 Å². The number of hydrogen-bond acceptors (Lipinski definition) is 4. The third kappa shape index (κ3) is 6.15. The lowest BCUT2D eigenvalue weighted by molar-refractivity contribution is 0.0950. The molecule has 0 aromatic heterocycles. The first-order chi connectivity index (χ1) is 13.1. The van der Waals surface area contributed by atoms with Gasteiger partial charge in [0.25, 0.3) is 5.91 Å². The Morgan fingerprint density at radius 2 is 1.78 bits per heavy atom. The third-order valence-electron chi connectivity index (χ3n) is 3.81. The first kappa shape index (κ1) is 21.1. The van der Waals surface area contributed by atoms with E-state index in [1.165, 1.54) is 0 Å². The Morgan fingerprint density at radius 1 is 1.07 bits per heavy atom. The van der Waals surface area contributed by atoms with Crippen LogP contribution in [0.1, 0.15) is 41.8 Å². The summed E-state index contributed by atoms with van der Waals surface area (Å²) in [5.74, 6) is 0.735. The number of carbonyl (C=O) groups excluding carboxylic acids is 1. The number of hydrogen-bond donors (Lipinski definition) is 1. The molecule has 0 aliphatic heterocycles. The van der Waals surface area contributed by atoms with Gasteiger partial charge in [0.05, 0.1) is 24.8 Å². The van der Waals surface area contributed by atoms with E-state index >= 15 is 0 Å². The van der Waals surface area contributed by atoms with Crippen LogP contribution in [-0.2, 0) is 17.9 Å². The SMILES string of the molecule is CCCOc1c(Cl)cc(C(=O)NCc2ccc(COC)cc2)cc1OCC. The van der Waals surface area contributed by atoms with E-state index in [0.29, 0.717) is 48.5 Å². The third-order valence-corrected chi connectivity index (χ3v) is 4.09. The summed E-state index contributed by atoms with van der Waals surface area (Å²) in [5, 5.41) is 3.27. The summed E-state index contributed by atoms with van der Waals surface area (Å²) in [4.78, 5) is 12.5. The van der Waals surface area contributed by atoms with Gasteiger partial charge in [0, 0.05) is 19.2 Å². The molecule has 0 saturated carbocycles. The molecule has 0 saturated heterocycles. The highest BCUT2D eigenvalue weighted by Crippen LogP contribution is 2.36. The summed E-state index contributed by atoms with van der Waals surface area (Å²) in [7, 11) is 1.66. The van der Waals surface area contributed by atoms with Gasteiger partial charge in [-0.05, 0) is 36.6 Å². The molecule has 0 radical (unpaired) electrons. The van der Waals surface area contributed by atoms with Crippen LogP contribution in [0.5, 0.6) is 11.5 Å². The minimum absolute atomic E-state index is 0.221. The summed E-state index contributed by atoms with van der Waals surface area (Å²) in [6.07, 6.45) is 0.854. The summed E-state index contributed by atoms with van der Waals surface area (Å²) in [6.45, 7) is 5.86. The largest absolute Gasteiger partial charge is 0.490 e. The van der Waals surface area contributed by atoms with E-state index in [1.54, 1.807) is 19.2 Å². The molecule has 6 heteroatoms. The van der Waals surface area contributed by atoms with Crippen LogP contribution < -0.4 is 14.8 Å². The number of carbonyl (C=O) groups is 1. The van der Waals surface area contributed by atoms with E-state index in [4.69, 9.17) is 25.8 Å². The molecule has 146 valence electrons. The number of ether oxygens (including phenoxy) is 3. The van der Waals surface area contributed by atoms with Crippen LogP contribution in [0.4, 0.5) is 0 Å². The molecule has 2 aromatic carbocycles. The Labute approximate surface area is 165 Å². The number of nitrogens with one attached hydrogen (secondary N) is 1. The molecule has 2 aromatic rings. The first-order valence-corrected chi connectivity index (χ1v) is 9.40. The van der Waals surface area contributed by atoms with Gasteiger partial charge in [-0.25, -0.2) is 0 Å². The molecular formula is C21H26ClNO4. The normalized spacial score (nSPS) is 10.5. The average molecular weight is 392 g/mol. The zero-order valence-corrected chi connectivity index (χ0v) is 16.8. The van der Waals surface area contributed by atoms with E-state index < -0.39 is 0 Å². The molecular weight excluding hydrogens is 366 g/mol. The molecule has 0 spiro atoms. The van der Waals surface area contributed by atoms with E-state index in [-0.39, 0.29) is 5.91 Å². The van der Waals surface area contributed by atoms with Crippen LogP contribution in [0.3, 0.4) is 0 Å². The van der Waals surface area contributed by atoms with Crippen molar-refractivity contribution in [2.45, 2.75) is 33.4 Å². The van der Waals surface area contributed by atoms with Crippen molar-refractivity contribution in [1.29, 1.82) is 0 Å². The smallest absolute Gasteiger partial charge is 0.251 e. The molecule has 0 heterocycles. The zero-order chi connectivity index (χ0) is 19.6. The van der Waals surface area contributed by atoms with Crippen molar-refractivity contribution < 1.29 is 19.0 Å². The maximum absolute atomic E-state index is 12.5. The van der Waals surface area contributed by atoms with Crippen LogP contribution >= 0.6 is 11.6 Å². The van der Waals surface area contributed by atoms with Gasteiger partial charge in [-0.2, -0.15) is 0 Å². The van der Waals surface area contributed by atoms with Crippen molar-refractivity contribution in [2.24, 2.45) is 0 Å². The molecule has 27 heavy (non-hydrogen) atoms. The number of benzene rings is 2. The molecule has 0 aliphatic rings. The fourth-order valence-electron chi connectivity index (χ4n) is 2.51.